The lowest BCUT2D eigenvalue weighted by Gasteiger charge is -2.07. The number of amides is 2. The molecule has 24 heavy (non-hydrogen) atoms. The van der Waals surface area contributed by atoms with Gasteiger partial charge in [0.25, 0.3) is 11.8 Å². The molecular formula is C20H17NO3. The second kappa shape index (κ2) is 6.62. The van der Waals surface area contributed by atoms with Crippen molar-refractivity contribution < 1.29 is 14.4 Å². The van der Waals surface area contributed by atoms with E-state index in [4.69, 9.17) is 0 Å². The van der Waals surface area contributed by atoms with E-state index in [0.29, 0.717) is 24.0 Å². The molecule has 1 aliphatic rings. The van der Waals surface area contributed by atoms with Crippen LogP contribution in [-0.2, 0) is 11.2 Å². The van der Waals surface area contributed by atoms with Gasteiger partial charge in [-0.25, -0.2) is 4.90 Å². The largest absolute Gasteiger partial charge is 0.299 e. The third kappa shape index (κ3) is 3.04. The molecule has 1 aliphatic heterocycles. The summed E-state index contributed by atoms with van der Waals surface area (Å²) < 4.78 is 0. The Kier molecular flexibility index (Phi) is 4.38. The molecular weight excluding hydrogens is 302 g/mol. The van der Waals surface area contributed by atoms with Gasteiger partial charge in [-0.15, -0.1) is 0 Å². The molecule has 4 heteroatoms. The zero-order valence-corrected chi connectivity index (χ0v) is 13.4. The smallest absolute Gasteiger partial charge is 0.265 e. The van der Waals surface area contributed by atoms with E-state index in [-0.39, 0.29) is 17.6 Å². The van der Waals surface area contributed by atoms with Crippen LogP contribution in [0.1, 0.15) is 45.2 Å². The molecule has 2 aromatic rings. The van der Waals surface area contributed by atoms with Crippen LogP contribution in [0, 0.1) is 0 Å². The number of hydrogen-bond acceptors (Lipinski definition) is 3. The van der Waals surface area contributed by atoms with Crippen LogP contribution in [-0.4, -0.2) is 22.5 Å². The molecule has 0 radical (unpaired) electrons. The van der Waals surface area contributed by atoms with Crippen LogP contribution in [0.5, 0.6) is 0 Å². The molecule has 0 spiro atoms. The molecule has 4 nitrogen and oxygen atoms in total. The van der Waals surface area contributed by atoms with E-state index in [9.17, 15) is 14.4 Å². The number of Topliss-reactive ketones (excluding diaryl/α,β-unsaturated/α-hetero) is 1. The monoisotopic (exact) mass is 319 g/mol. The topological polar surface area (TPSA) is 54.5 Å². The van der Waals surface area contributed by atoms with Crippen LogP contribution in [0.4, 0.5) is 0 Å². The molecule has 0 bridgehead atoms. The fraction of sp³-hybridized carbons (Fsp3) is 0.150. The normalized spacial score (nSPS) is 13.6. The molecule has 0 saturated heterocycles. The SMILES string of the molecule is CCC(=O)Cc1ccc(/C=C/N2C(=O)c3ccccc3C2=O)cc1. The molecule has 2 amide bonds. The Labute approximate surface area is 140 Å². The van der Waals surface area contributed by atoms with Crippen LogP contribution >= 0.6 is 0 Å². The maximum absolute atomic E-state index is 12.3. The summed E-state index contributed by atoms with van der Waals surface area (Å²) in [5, 5.41) is 0. The van der Waals surface area contributed by atoms with Crippen molar-refractivity contribution in [3.05, 3.63) is 77.0 Å². The van der Waals surface area contributed by atoms with Gasteiger partial charge in [-0.05, 0) is 29.3 Å². The number of nitrogens with zero attached hydrogens (tertiary/aromatic N) is 1. The highest BCUT2D eigenvalue weighted by Crippen LogP contribution is 2.23. The summed E-state index contributed by atoms with van der Waals surface area (Å²) >= 11 is 0. The quantitative estimate of drug-likeness (QED) is 0.793. The Morgan fingerprint density at radius 3 is 2.08 bits per heavy atom. The lowest BCUT2D eigenvalue weighted by atomic mass is 10.1. The standard InChI is InChI=1S/C20H17NO3/c1-2-16(22)13-15-9-7-14(8-10-15)11-12-21-19(23)17-5-3-4-6-18(17)20(21)24/h3-12H,2,13H2,1H3/b12-11+. The minimum atomic E-state index is -0.308. The van der Waals surface area contributed by atoms with Crippen molar-refractivity contribution in [2.45, 2.75) is 19.8 Å². The fourth-order valence-corrected chi connectivity index (χ4v) is 2.60. The summed E-state index contributed by atoms with van der Waals surface area (Å²) in [6.07, 6.45) is 4.17. The number of imide groups is 1. The van der Waals surface area contributed by atoms with Crippen molar-refractivity contribution >= 4 is 23.7 Å². The number of fused-ring (bicyclic) bond motifs is 1. The second-order valence-electron chi connectivity index (χ2n) is 5.65. The molecule has 2 aromatic carbocycles. The van der Waals surface area contributed by atoms with Gasteiger partial charge in [-0.2, -0.15) is 0 Å². The molecule has 3 rings (SSSR count). The third-order valence-corrected chi connectivity index (χ3v) is 4.02. The number of rotatable bonds is 5. The molecule has 0 atom stereocenters. The first-order chi connectivity index (χ1) is 11.6. The summed E-state index contributed by atoms with van der Waals surface area (Å²) in [7, 11) is 0. The maximum Gasteiger partial charge on any atom is 0.265 e. The highest BCUT2D eigenvalue weighted by atomic mass is 16.2. The van der Waals surface area contributed by atoms with Gasteiger partial charge in [-0.1, -0.05) is 43.3 Å². The number of ketones is 1. The highest BCUT2D eigenvalue weighted by Gasteiger charge is 2.33. The van der Waals surface area contributed by atoms with Crippen LogP contribution in [0.2, 0.25) is 0 Å². The zero-order chi connectivity index (χ0) is 17.1. The molecule has 0 saturated carbocycles. The van der Waals surface area contributed by atoms with E-state index < -0.39 is 0 Å². The minimum absolute atomic E-state index is 0.198. The Morgan fingerprint density at radius 2 is 1.54 bits per heavy atom. The van der Waals surface area contributed by atoms with Crippen molar-refractivity contribution in [2.75, 3.05) is 0 Å². The lowest BCUT2D eigenvalue weighted by molar-refractivity contribution is -0.118. The first kappa shape index (κ1) is 15.9. The van der Waals surface area contributed by atoms with Crippen molar-refractivity contribution in [2.24, 2.45) is 0 Å². The average molecular weight is 319 g/mol. The highest BCUT2D eigenvalue weighted by molar-refractivity contribution is 6.22. The van der Waals surface area contributed by atoms with Crippen LogP contribution < -0.4 is 0 Å². The summed E-state index contributed by atoms with van der Waals surface area (Å²) in [4.78, 5) is 37.1. The first-order valence-corrected chi connectivity index (χ1v) is 7.86. The predicted molar refractivity (Wildman–Crippen MR) is 91.4 cm³/mol. The van der Waals surface area contributed by atoms with Crippen LogP contribution in [0.3, 0.4) is 0 Å². The van der Waals surface area contributed by atoms with E-state index in [1.165, 1.54) is 6.20 Å². The van der Waals surface area contributed by atoms with E-state index in [1.807, 2.05) is 31.2 Å². The molecule has 0 N–H and O–H groups in total. The summed E-state index contributed by atoms with van der Waals surface area (Å²) in [6.45, 7) is 1.85. The third-order valence-electron chi connectivity index (χ3n) is 4.02. The Balaban J connectivity index is 1.74. The van der Waals surface area contributed by atoms with Gasteiger partial charge >= 0.3 is 0 Å². The van der Waals surface area contributed by atoms with Crippen molar-refractivity contribution in [3.8, 4) is 0 Å². The van der Waals surface area contributed by atoms with E-state index in [1.54, 1.807) is 30.3 Å². The van der Waals surface area contributed by atoms with Crippen molar-refractivity contribution in [3.63, 3.8) is 0 Å². The Hall–Kier alpha value is -3.01. The predicted octanol–water partition coefficient (Wildman–Crippen LogP) is 3.48. The summed E-state index contributed by atoms with van der Waals surface area (Å²) in [5.74, 6) is -0.418. The van der Waals surface area contributed by atoms with Gasteiger partial charge in [0.1, 0.15) is 5.78 Å². The maximum atomic E-state index is 12.3. The zero-order valence-electron chi connectivity index (χ0n) is 13.4. The Morgan fingerprint density at radius 1 is 0.958 bits per heavy atom. The number of hydrogen-bond donors (Lipinski definition) is 0. The summed E-state index contributed by atoms with van der Waals surface area (Å²) in [5.41, 5.74) is 2.68. The summed E-state index contributed by atoms with van der Waals surface area (Å²) in [6, 6.07) is 14.3. The van der Waals surface area contributed by atoms with Gasteiger partial charge in [-0.3, -0.25) is 14.4 Å². The van der Waals surface area contributed by atoms with Gasteiger partial charge in [0, 0.05) is 19.0 Å². The number of carbonyl (C=O) groups is 3. The Bertz CT molecular complexity index is 799. The van der Waals surface area contributed by atoms with Crippen LogP contribution in [0.25, 0.3) is 6.08 Å². The van der Waals surface area contributed by atoms with Crippen molar-refractivity contribution in [1.29, 1.82) is 0 Å². The van der Waals surface area contributed by atoms with Crippen molar-refractivity contribution in [1.82, 2.24) is 4.90 Å². The van der Waals surface area contributed by atoms with Crippen LogP contribution in [0.15, 0.2) is 54.7 Å². The number of carbonyl (C=O) groups excluding carboxylic acids is 3. The van der Waals surface area contributed by atoms with Gasteiger partial charge in [0.05, 0.1) is 11.1 Å². The van der Waals surface area contributed by atoms with Gasteiger partial charge in [0.2, 0.25) is 0 Å². The molecule has 0 fully saturated rings. The molecule has 1 heterocycles. The molecule has 0 unspecified atom stereocenters. The average Bonchev–Trinajstić information content (AvgIpc) is 2.85. The van der Waals surface area contributed by atoms with E-state index in [0.717, 1.165) is 16.0 Å². The van der Waals surface area contributed by atoms with Gasteiger partial charge in [0.15, 0.2) is 0 Å². The fourth-order valence-electron chi connectivity index (χ4n) is 2.60. The molecule has 0 aliphatic carbocycles. The molecule has 0 aromatic heterocycles. The lowest BCUT2D eigenvalue weighted by Crippen LogP contribution is -2.23. The van der Waals surface area contributed by atoms with E-state index >= 15 is 0 Å². The van der Waals surface area contributed by atoms with E-state index in [2.05, 4.69) is 0 Å². The van der Waals surface area contributed by atoms with Gasteiger partial charge < -0.3 is 0 Å². The molecule has 120 valence electrons. The minimum Gasteiger partial charge on any atom is -0.299 e. The number of benzene rings is 2. The second-order valence-corrected chi connectivity index (χ2v) is 5.65. The first-order valence-electron chi connectivity index (χ1n) is 7.86.